The number of amides is 1. The van der Waals surface area contributed by atoms with Gasteiger partial charge in [-0.1, -0.05) is 72.1 Å². The van der Waals surface area contributed by atoms with E-state index in [9.17, 15) is 24.6 Å². The SMILES string of the molecule is CCCCCCCCCCCOC(=O)CCNC(=O)C(O)C(C)(C)C[C@H](CN1CCOCC1)C(=O)O. The Balaban J connectivity index is 2.23. The van der Waals surface area contributed by atoms with E-state index in [2.05, 4.69) is 12.2 Å². The minimum absolute atomic E-state index is 0.0328. The highest BCUT2D eigenvalue weighted by molar-refractivity contribution is 5.82. The van der Waals surface area contributed by atoms with Gasteiger partial charge in [-0.25, -0.2) is 0 Å². The molecule has 1 aliphatic rings. The van der Waals surface area contributed by atoms with Gasteiger partial charge in [0, 0.05) is 31.6 Å². The monoisotopic (exact) mass is 514 g/mol. The van der Waals surface area contributed by atoms with Crippen molar-refractivity contribution in [2.24, 2.45) is 11.3 Å². The Kier molecular flexibility index (Phi) is 16.6. The number of esters is 1. The lowest BCUT2D eigenvalue weighted by molar-refractivity contribution is -0.148. The van der Waals surface area contributed by atoms with E-state index in [1.807, 2.05) is 4.90 Å². The topological polar surface area (TPSA) is 125 Å². The Morgan fingerprint density at radius 3 is 2.17 bits per heavy atom. The zero-order valence-corrected chi connectivity index (χ0v) is 22.8. The van der Waals surface area contributed by atoms with E-state index in [1.54, 1.807) is 13.8 Å². The average molecular weight is 515 g/mol. The summed E-state index contributed by atoms with van der Waals surface area (Å²) in [4.78, 5) is 38.2. The maximum Gasteiger partial charge on any atom is 0.307 e. The molecule has 1 aliphatic heterocycles. The van der Waals surface area contributed by atoms with Crippen molar-refractivity contribution in [1.29, 1.82) is 0 Å². The number of nitrogens with zero attached hydrogens (tertiary/aromatic N) is 1. The molecule has 1 rings (SSSR count). The summed E-state index contributed by atoms with van der Waals surface area (Å²) in [5, 5.41) is 22.8. The number of unbranched alkanes of at least 4 members (excludes halogenated alkanes) is 8. The molecule has 0 radical (unpaired) electrons. The fourth-order valence-corrected chi connectivity index (χ4v) is 4.48. The van der Waals surface area contributed by atoms with Crippen LogP contribution in [-0.4, -0.2) is 85.1 Å². The number of aliphatic hydroxyl groups excluding tert-OH is 1. The third kappa shape index (κ3) is 14.1. The molecule has 0 aromatic rings. The fraction of sp³-hybridized carbons (Fsp3) is 0.889. The Hall–Kier alpha value is -1.71. The summed E-state index contributed by atoms with van der Waals surface area (Å²) >= 11 is 0. The standard InChI is InChI=1S/C27H50N2O7/c1-4-5-6-7-8-9-10-11-12-17-36-23(30)13-14-28-25(32)24(31)27(2,3)20-22(26(33)34)21-29-15-18-35-19-16-29/h22,24,31H,4-21H2,1-3H3,(H,28,32)(H,33,34)/t22-,24?/m1/s1. The van der Waals surface area contributed by atoms with Crippen LogP contribution in [0.3, 0.4) is 0 Å². The molecule has 0 aliphatic carbocycles. The van der Waals surface area contributed by atoms with E-state index < -0.39 is 29.3 Å². The van der Waals surface area contributed by atoms with Gasteiger partial charge in [0.1, 0.15) is 6.10 Å². The van der Waals surface area contributed by atoms with E-state index in [-0.39, 0.29) is 25.4 Å². The Morgan fingerprint density at radius 1 is 1.00 bits per heavy atom. The first-order valence-corrected chi connectivity index (χ1v) is 13.8. The molecule has 1 fully saturated rings. The summed E-state index contributed by atoms with van der Waals surface area (Å²) in [6.07, 6.45) is 9.52. The van der Waals surface area contributed by atoms with Crippen LogP contribution < -0.4 is 5.32 Å². The van der Waals surface area contributed by atoms with Gasteiger partial charge < -0.3 is 25.0 Å². The lowest BCUT2D eigenvalue weighted by Gasteiger charge is -2.35. The molecule has 1 saturated heterocycles. The molecular formula is C27H50N2O7. The number of hydrogen-bond acceptors (Lipinski definition) is 7. The number of aliphatic hydroxyl groups is 1. The van der Waals surface area contributed by atoms with Crippen LogP contribution in [0.4, 0.5) is 0 Å². The van der Waals surface area contributed by atoms with Gasteiger partial charge in [-0.15, -0.1) is 0 Å². The molecule has 210 valence electrons. The van der Waals surface area contributed by atoms with Crippen molar-refractivity contribution in [3.8, 4) is 0 Å². The second-order valence-electron chi connectivity index (χ2n) is 10.6. The lowest BCUT2D eigenvalue weighted by atomic mass is 9.77. The molecule has 9 heteroatoms. The molecule has 9 nitrogen and oxygen atoms in total. The maximum atomic E-state index is 12.5. The number of morpholine rings is 1. The van der Waals surface area contributed by atoms with Gasteiger partial charge in [-0.2, -0.15) is 0 Å². The predicted octanol–water partition coefficient (Wildman–Crippen LogP) is 3.38. The highest BCUT2D eigenvalue weighted by atomic mass is 16.5. The highest BCUT2D eigenvalue weighted by Crippen LogP contribution is 2.30. The number of carbonyl (C=O) groups is 3. The van der Waals surface area contributed by atoms with Crippen LogP contribution in [0.5, 0.6) is 0 Å². The quantitative estimate of drug-likeness (QED) is 0.167. The smallest absolute Gasteiger partial charge is 0.307 e. The van der Waals surface area contributed by atoms with Gasteiger partial charge in [-0.05, 0) is 12.8 Å². The van der Waals surface area contributed by atoms with E-state index >= 15 is 0 Å². The molecule has 0 aromatic carbocycles. The van der Waals surface area contributed by atoms with Crippen LogP contribution in [0.15, 0.2) is 0 Å². The summed E-state index contributed by atoms with van der Waals surface area (Å²) in [5.74, 6) is -2.64. The van der Waals surface area contributed by atoms with Gasteiger partial charge in [0.25, 0.3) is 0 Å². The van der Waals surface area contributed by atoms with Crippen molar-refractivity contribution in [2.75, 3.05) is 46.0 Å². The second-order valence-corrected chi connectivity index (χ2v) is 10.6. The number of carboxylic acids is 1. The molecule has 0 spiro atoms. The van der Waals surface area contributed by atoms with E-state index in [4.69, 9.17) is 9.47 Å². The normalized spacial score (nSPS) is 16.3. The Bertz CT molecular complexity index is 636. The van der Waals surface area contributed by atoms with Crippen LogP contribution in [-0.2, 0) is 23.9 Å². The largest absolute Gasteiger partial charge is 0.481 e. The minimum Gasteiger partial charge on any atom is -0.481 e. The zero-order valence-electron chi connectivity index (χ0n) is 22.8. The van der Waals surface area contributed by atoms with Gasteiger partial charge in [0.15, 0.2) is 0 Å². The molecule has 0 aromatic heterocycles. The molecule has 1 heterocycles. The van der Waals surface area contributed by atoms with Crippen LogP contribution in [0.25, 0.3) is 0 Å². The molecule has 0 bridgehead atoms. The van der Waals surface area contributed by atoms with Gasteiger partial charge in [-0.3, -0.25) is 19.3 Å². The third-order valence-electron chi connectivity index (χ3n) is 6.83. The van der Waals surface area contributed by atoms with E-state index in [1.165, 1.54) is 38.5 Å². The van der Waals surface area contributed by atoms with Crippen molar-refractivity contribution in [2.45, 2.75) is 97.5 Å². The maximum absolute atomic E-state index is 12.5. The number of carboxylic acid groups (broad SMARTS) is 1. The number of nitrogens with one attached hydrogen (secondary N) is 1. The number of aliphatic carboxylic acids is 1. The molecule has 1 amide bonds. The first kappa shape index (κ1) is 32.3. The van der Waals surface area contributed by atoms with E-state index in [0.717, 1.165) is 19.3 Å². The zero-order chi connectivity index (χ0) is 26.8. The van der Waals surface area contributed by atoms with Gasteiger partial charge in [0.05, 0.1) is 32.2 Å². The summed E-state index contributed by atoms with van der Waals surface area (Å²) in [7, 11) is 0. The number of hydrogen-bond donors (Lipinski definition) is 3. The van der Waals surface area contributed by atoms with Crippen molar-refractivity contribution >= 4 is 17.8 Å². The minimum atomic E-state index is -1.39. The van der Waals surface area contributed by atoms with E-state index in [0.29, 0.717) is 39.5 Å². The Morgan fingerprint density at radius 2 is 1.58 bits per heavy atom. The lowest BCUT2D eigenvalue weighted by Crippen LogP contribution is -2.47. The van der Waals surface area contributed by atoms with Crippen LogP contribution in [0, 0.1) is 11.3 Å². The van der Waals surface area contributed by atoms with Crippen LogP contribution >= 0.6 is 0 Å². The number of ether oxygens (including phenoxy) is 2. The molecule has 3 N–H and O–H groups in total. The third-order valence-corrected chi connectivity index (χ3v) is 6.83. The summed E-state index contributed by atoms with van der Waals surface area (Å²) in [6.45, 7) is 8.87. The van der Waals surface area contributed by atoms with Crippen LogP contribution in [0.2, 0.25) is 0 Å². The number of carbonyl (C=O) groups excluding carboxylic acids is 2. The van der Waals surface area contributed by atoms with Crippen molar-refractivity contribution < 1.29 is 34.1 Å². The number of rotatable bonds is 20. The van der Waals surface area contributed by atoms with Crippen molar-refractivity contribution in [3.63, 3.8) is 0 Å². The summed E-state index contributed by atoms with van der Waals surface area (Å²) in [6, 6.07) is 0. The Labute approximate surface area is 217 Å². The second kappa shape index (κ2) is 18.5. The van der Waals surface area contributed by atoms with Gasteiger partial charge >= 0.3 is 11.9 Å². The average Bonchev–Trinajstić information content (AvgIpc) is 2.84. The van der Waals surface area contributed by atoms with Crippen molar-refractivity contribution in [3.05, 3.63) is 0 Å². The molecular weight excluding hydrogens is 464 g/mol. The fourth-order valence-electron chi connectivity index (χ4n) is 4.48. The molecule has 36 heavy (non-hydrogen) atoms. The molecule has 2 atom stereocenters. The first-order valence-electron chi connectivity index (χ1n) is 13.8. The highest BCUT2D eigenvalue weighted by Gasteiger charge is 2.38. The molecule has 0 saturated carbocycles. The van der Waals surface area contributed by atoms with Crippen LogP contribution in [0.1, 0.15) is 91.4 Å². The predicted molar refractivity (Wildman–Crippen MR) is 139 cm³/mol. The summed E-state index contributed by atoms with van der Waals surface area (Å²) in [5.41, 5.74) is -0.948. The first-order chi connectivity index (χ1) is 17.2. The van der Waals surface area contributed by atoms with Gasteiger partial charge in [0.2, 0.25) is 5.91 Å². The summed E-state index contributed by atoms with van der Waals surface area (Å²) < 4.78 is 10.5. The molecule has 1 unspecified atom stereocenters. The van der Waals surface area contributed by atoms with Crippen molar-refractivity contribution in [1.82, 2.24) is 10.2 Å².